The van der Waals surface area contributed by atoms with E-state index in [0.29, 0.717) is 0 Å². The Balaban J connectivity index is 3.11. The summed E-state index contributed by atoms with van der Waals surface area (Å²) in [5, 5.41) is 16.2. The monoisotopic (exact) mass is 266 g/mol. The number of hydrogen-bond donors (Lipinski definition) is 3. The quantitative estimate of drug-likeness (QED) is 0.674. The molecular weight excluding hydrogens is 240 g/mol. The summed E-state index contributed by atoms with van der Waals surface area (Å²) in [5.74, 6) is 1.69. The van der Waals surface area contributed by atoms with Crippen LogP contribution >= 0.6 is 0 Å². The summed E-state index contributed by atoms with van der Waals surface area (Å²) in [6, 6.07) is 0. The SMILES string of the molecule is CCCc1c(NC)ncnc1NC(CC)(CC)CO. The first-order valence-electron chi connectivity index (χ1n) is 7.07. The highest BCUT2D eigenvalue weighted by Crippen LogP contribution is 2.27. The minimum atomic E-state index is -0.304. The molecule has 0 saturated heterocycles. The van der Waals surface area contributed by atoms with Crippen LogP contribution in [0.4, 0.5) is 11.6 Å². The number of aliphatic hydroxyl groups excluding tert-OH is 1. The molecule has 1 aromatic heterocycles. The van der Waals surface area contributed by atoms with Crippen LogP contribution in [0.15, 0.2) is 6.33 Å². The van der Waals surface area contributed by atoms with E-state index in [0.717, 1.165) is 42.9 Å². The van der Waals surface area contributed by atoms with Crippen LogP contribution in [0, 0.1) is 0 Å². The Morgan fingerprint density at radius 3 is 2.26 bits per heavy atom. The van der Waals surface area contributed by atoms with Crippen molar-refractivity contribution in [2.24, 2.45) is 0 Å². The standard InChI is InChI=1S/C14H26N4O/c1-5-8-11-12(15-4)16-10-17-13(11)18-14(6-2,7-3)9-19/h10,19H,5-9H2,1-4H3,(H2,15,16,17,18). The fraction of sp³-hybridized carbons (Fsp3) is 0.714. The topological polar surface area (TPSA) is 70.1 Å². The Morgan fingerprint density at radius 1 is 1.16 bits per heavy atom. The van der Waals surface area contributed by atoms with Gasteiger partial charge < -0.3 is 15.7 Å². The summed E-state index contributed by atoms with van der Waals surface area (Å²) in [7, 11) is 1.87. The smallest absolute Gasteiger partial charge is 0.135 e. The second-order valence-electron chi connectivity index (χ2n) is 4.82. The second kappa shape index (κ2) is 7.28. The van der Waals surface area contributed by atoms with Gasteiger partial charge in [0.2, 0.25) is 0 Å². The first-order valence-corrected chi connectivity index (χ1v) is 7.07. The lowest BCUT2D eigenvalue weighted by Crippen LogP contribution is -2.41. The second-order valence-corrected chi connectivity index (χ2v) is 4.82. The van der Waals surface area contributed by atoms with Crippen molar-refractivity contribution in [1.29, 1.82) is 0 Å². The molecule has 0 aliphatic carbocycles. The fourth-order valence-electron chi connectivity index (χ4n) is 2.16. The predicted molar refractivity (Wildman–Crippen MR) is 79.6 cm³/mol. The highest BCUT2D eigenvalue weighted by Gasteiger charge is 2.26. The first-order chi connectivity index (χ1) is 9.16. The molecule has 0 saturated carbocycles. The van der Waals surface area contributed by atoms with Crippen LogP contribution in [0.1, 0.15) is 45.6 Å². The van der Waals surface area contributed by atoms with Crippen molar-refractivity contribution >= 4 is 11.6 Å². The van der Waals surface area contributed by atoms with E-state index in [-0.39, 0.29) is 12.1 Å². The lowest BCUT2D eigenvalue weighted by Gasteiger charge is -2.32. The molecule has 1 aromatic rings. The summed E-state index contributed by atoms with van der Waals surface area (Å²) in [6.45, 7) is 6.39. The average Bonchev–Trinajstić information content (AvgIpc) is 2.46. The Hall–Kier alpha value is -1.36. The van der Waals surface area contributed by atoms with Gasteiger partial charge in [-0.15, -0.1) is 0 Å². The van der Waals surface area contributed by atoms with E-state index in [1.807, 2.05) is 7.05 Å². The van der Waals surface area contributed by atoms with E-state index in [2.05, 4.69) is 41.4 Å². The first kappa shape index (κ1) is 15.7. The van der Waals surface area contributed by atoms with Crippen molar-refractivity contribution in [1.82, 2.24) is 9.97 Å². The molecule has 0 atom stereocenters. The van der Waals surface area contributed by atoms with Gasteiger partial charge in [0.25, 0.3) is 0 Å². The number of anilines is 2. The molecule has 0 aromatic carbocycles. The van der Waals surface area contributed by atoms with Crippen molar-refractivity contribution in [2.45, 2.75) is 52.0 Å². The lowest BCUT2D eigenvalue weighted by molar-refractivity contribution is 0.202. The van der Waals surface area contributed by atoms with Crippen LogP contribution in [0.25, 0.3) is 0 Å². The molecule has 108 valence electrons. The zero-order valence-corrected chi connectivity index (χ0v) is 12.5. The third kappa shape index (κ3) is 3.56. The molecule has 19 heavy (non-hydrogen) atoms. The minimum Gasteiger partial charge on any atom is -0.394 e. The van der Waals surface area contributed by atoms with E-state index in [1.165, 1.54) is 0 Å². The van der Waals surface area contributed by atoms with Crippen molar-refractivity contribution in [2.75, 3.05) is 24.3 Å². The van der Waals surface area contributed by atoms with Gasteiger partial charge >= 0.3 is 0 Å². The van der Waals surface area contributed by atoms with E-state index < -0.39 is 0 Å². The number of aromatic nitrogens is 2. The van der Waals surface area contributed by atoms with Crippen molar-refractivity contribution in [3.8, 4) is 0 Å². The molecule has 1 heterocycles. The molecule has 0 aliphatic heterocycles. The van der Waals surface area contributed by atoms with Gasteiger partial charge in [-0.3, -0.25) is 0 Å². The van der Waals surface area contributed by atoms with Crippen LogP contribution in [0.5, 0.6) is 0 Å². The number of rotatable bonds is 8. The molecule has 0 aliphatic rings. The molecule has 1 rings (SSSR count). The van der Waals surface area contributed by atoms with Crippen LogP contribution in [-0.2, 0) is 6.42 Å². The molecule has 3 N–H and O–H groups in total. The Bertz CT molecular complexity index is 383. The van der Waals surface area contributed by atoms with Crippen LogP contribution in [0.3, 0.4) is 0 Å². The zero-order valence-electron chi connectivity index (χ0n) is 12.5. The molecule has 0 bridgehead atoms. The van der Waals surface area contributed by atoms with Crippen LogP contribution in [0.2, 0.25) is 0 Å². The van der Waals surface area contributed by atoms with E-state index >= 15 is 0 Å². The summed E-state index contributed by atoms with van der Waals surface area (Å²) in [5.41, 5.74) is 0.786. The van der Waals surface area contributed by atoms with E-state index in [9.17, 15) is 5.11 Å². The summed E-state index contributed by atoms with van der Waals surface area (Å²) in [6.07, 6.45) is 5.20. The van der Waals surface area contributed by atoms with E-state index in [4.69, 9.17) is 0 Å². The molecular formula is C14H26N4O. The largest absolute Gasteiger partial charge is 0.394 e. The fourth-order valence-corrected chi connectivity index (χ4v) is 2.16. The predicted octanol–water partition coefficient (Wildman–Crippen LogP) is 2.43. The normalized spacial score (nSPS) is 11.4. The number of nitrogens with zero attached hydrogens (tertiary/aromatic N) is 2. The van der Waals surface area contributed by atoms with Gasteiger partial charge in [0, 0.05) is 12.6 Å². The van der Waals surface area contributed by atoms with Gasteiger partial charge in [0.1, 0.15) is 18.0 Å². The van der Waals surface area contributed by atoms with Gasteiger partial charge in [0.05, 0.1) is 12.1 Å². The van der Waals surface area contributed by atoms with Gasteiger partial charge in [-0.2, -0.15) is 0 Å². The maximum Gasteiger partial charge on any atom is 0.135 e. The summed E-state index contributed by atoms with van der Waals surface area (Å²) in [4.78, 5) is 8.62. The number of aliphatic hydroxyl groups is 1. The molecule has 0 spiro atoms. The molecule has 0 unspecified atom stereocenters. The Kier molecular flexibility index (Phi) is 6.02. The van der Waals surface area contributed by atoms with Crippen LogP contribution < -0.4 is 10.6 Å². The molecule has 0 fully saturated rings. The summed E-state index contributed by atoms with van der Waals surface area (Å²) < 4.78 is 0. The third-order valence-corrected chi connectivity index (χ3v) is 3.72. The van der Waals surface area contributed by atoms with Gasteiger partial charge in [-0.25, -0.2) is 9.97 Å². The zero-order chi connectivity index (χ0) is 14.3. The lowest BCUT2D eigenvalue weighted by atomic mass is 9.93. The van der Waals surface area contributed by atoms with E-state index in [1.54, 1.807) is 6.33 Å². The molecule has 5 nitrogen and oxygen atoms in total. The van der Waals surface area contributed by atoms with Gasteiger partial charge in [-0.1, -0.05) is 27.2 Å². The van der Waals surface area contributed by atoms with Crippen molar-refractivity contribution in [3.63, 3.8) is 0 Å². The van der Waals surface area contributed by atoms with Crippen LogP contribution in [-0.4, -0.2) is 34.3 Å². The average molecular weight is 266 g/mol. The summed E-state index contributed by atoms with van der Waals surface area (Å²) >= 11 is 0. The molecule has 0 radical (unpaired) electrons. The number of hydrogen-bond acceptors (Lipinski definition) is 5. The van der Waals surface area contributed by atoms with Gasteiger partial charge in [0.15, 0.2) is 0 Å². The molecule has 5 heteroatoms. The highest BCUT2D eigenvalue weighted by molar-refractivity contribution is 5.58. The third-order valence-electron chi connectivity index (χ3n) is 3.72. The van der Waals surface area contributed by atoms with Crippen molar-refractivity contribution < 1.29 is 5.11 Å². The Labute approximate surface area is 115 Å². The highest BCUT2D eigenvalue weighted by atomic mass is 16.3. The number of nitrogens with one attached hydrogen (secondary N) is 2. The molecule has 0 amide bonds. The maximum absolute atomic E-state index is 9.66. The minimum absolute atomic E-state index is 0.102. The maximum atomic E-state index is 9.66. The Morgan fingerprint density at radius 2 is 1.79 bits per heavy atom. The van der Waals surface area contributed by atoms with Gasteiger partial charge in [-0.05, 0) is 19.3 Å². The van der Waals surface area contributed by atoms with Crippen molar-refractivity contribution in [3.05, 3.63) is 11.9 Å².